The van der Waals surface area contributed by atoms with E-state index in [9.17, 15) is 14.0 Å². The second-order valence-electron chi connectivity index (χ2n) is 5.77. The maximum absolute atomic E-state index is 14.0. The van der Waals surface area contributed by atoms with Gasteiger partial charge in [0.1, 0.15) is 17.9 Å². The number of halogens is 1. The molecule has 1 aromatic carbocycles. The molecule has 0 radical (unpaired) electrons. The zero-order valence-electron chi connectivity index (χ0n) is 13.7. The van der Waals surface area contributed by atoms with Gasteiger partial charge in [0.25, 0.3) is 0 Å². The quantitative estimate of drug-likeness (QED) is 0.850. The van der Waals surface area contributed by atoms with E-state index in [1.807, 2.05) is 0 Å². The van der Waals surface area contributed by atoms with Gasteiger partial charge in [-0.2, -0.15) is 4.37 Å². The Labute approximate surface area is 148 Å². The Morgan fingerprint density at radius 3 is 2.72 bits per heavy atom. The summed E-state index contributed by atoms with van der Waals surface area (Å²) in [6, 6.07) is 4.22. The van der Waals surface area contributed by atoms with E-state index < -0.39 is 5.82 Å². The molecule has 2 amide bonds. The van der Waals surface area contributed by atoms with Crippen LogP contribution in [0.25, 0.3) is 6.08 Å². The van der Waals surface area contributed by atoms with Crippen molar-refractivity contribution >= 4 is 35.1 Å². The second-order valence-corrected chi connectivity index (χ2v) is 6.52. The fraction of sp³-hybridized carbons (Fsp3) is 0.294. The molecule has 1 aromatic heterocycles. The van der Waals surface area contributed by atoms with Crippen molar-refractivity contribution < 1.29 is 14.0 Å². The average Bonchev–Trinajstić information content (AvgIpc) is 3.02. The number of carbonyl (C=O) groups excluding carboxylic acids is 2. The molecule has 1 fully saturated rings. The van der Waals surface area contributed by atoms with Gasteiger partial charge in [0.05, 0.1) is 0 Å². The molecule has 0 spiro atoms. The van der Waals surface area contributed by atoms with Crippen LogP contribution < -0.4 is 5.32 Å². The number of piperidine rings is 1. The molecule has 0 aliphatic carbocycles. The van der Waals surface area contributed by atoms with Crippen LogP contribution in [0.4, 0.5) is 14.3 Å². The lowest BCUT2D eigenvalue weighted by atomic mass is 10.0. The summed E-state index contributed by atoms with van der Waals surface area (Å²) in [7, 11) is 0. The van der Waals surface area contributed by atoms with E-state index >= 15 is 0 Å². The van der Waals surface area contributed by atoms with Crippen LogP contribution >= 0.6 is 11.5 Å². The number of aldehydes is 1. The van der Waals surface area contributed by atoms with Crippen LogP contribution in [0, 0.1) is 12.7 Å². The predicted molar refractivity (Wildman–Crippen MR) is 94.2 cm³/mol. The van der Waals surface area contributed by atoms with E-state index in [4.69, 9.17) is 0 Å². The third-order valence-electron chi connectivity index (χ3n) is 3.95. The van der Waals surface area contributed by atoms with Crippen molar-refractivity contribution in [1.82, 2.24) is 14.3 Å². The summed E-state index contributed by atoms with van der Waals surface area (Å²) >= 11 is 1.15. The van der Waals surface area contributed by atoms with Gasteiger partial charge in [-0.1, -0.05) is 23.8 Å². The van der Waals surface area contributed by atoms with Crippen LogP contribution in [-0.2, 0) is 0 Å². The van der Waals surface area contributed by atoms with Crippen molar-refractivity contribution in [2.75, 3.05) is 18.4 Å². The Kier molecular flexibility index (Phi) is 5.18. The summed E-state index contributed by atoms with van der Waals surface area (Å²) in [6.07, 6.45) is 3.78. The molecule has 0 unspecified atom stereocenters. The lowest BCUT2D eigenvalue weighted by Gasteiger charge is -2.28. The Hall–Kier alpha value is -2.61. The highest BCUT2D eigenvalue weighted by molar-refractivity contribution is 7.09. The molecule has 1 aliphatic rings. The molecule has 0 saturated carbocycles. The van der Waals surface area contributed by atoms with Crippen molar-refractivity contribution in [2.45, 2.75) is 19.8 Å². The monoisotopic (exact) mass is 360 g/mol. The SMILES string of the molecule is Cc1nsc(NC(=O)N2CCC(=Cc3ccc(C=O)cc3F)CC2)n1. The zero-order valence-corrected chi connectivity index (χ0v) is 14.5. The number of likely N-dealkylation sites (tertiary alicyclic amines) is 1. The van der Waals surface area contributed by atoms with Crippen molar-refractivity contribution in [2.24, 2.45) is 0 Å². The van der Waals surface area contributed by atoms with Crippen LogP contribution in [0.1, 0.15) is 34.6 Å². The molecule has 130 valence electrons. The smallest absolute Gasteiger partial charge is 0.323 e. The summed E-state index contributed by atoms with van der Waals surface area (Å²) in [5.74, 6) is 0.218. The first-order chi connectivity index (χ1) is 12.0. The predicted octanol–water partition coefficient (Wildman–Crippen LogP) is 3.51. The maximum Gasteiger partial charge on any atom is 0.323 e. The minimum atomic E-state index is -0.413. The fourth-order valence-electron chi connectivity index (χ4n) is 2.61. The van der Waals surface area contributed by atoms with E-state index in [0.29, 0.717) is 54.3 Å². The third kappa shape index (κ3) is 4.27. The topological polar surface area (TPSA) is 75.2 Å². The average molecular weight is 360 g/mol. The van der Waals surface area contributed by atoms with Gasteiger partial charge in [-0.25, -0.2) is 14.2 Å². The number of hydrogen-bond donors (Lipinski definition) is 1. The summed E-state index contributed by atoms with van der Waals surface area (Å²) in [6.45, 7) is 2.89. The molecular weight excluding hydrogens is 343 g/mol. The van der Waals surface area contributed by atoms with Crippen molar-refractivity contribution in [3.05, 3.63) is 46.5 Å². The molecule has 25 heavy (non-hydrogen) atoms. The maximum atomic E-state index is 14.0. The van der Waals surface area contributed by atoms with Gasteiger partial charge in [0.2, 0.25) is 5.13 Å². The van der Waals surface area contributed by atoms with Gasteiger partial charge in [-0.15, -0.1) is 0 Å². The van der Waals surface area contributed by atoms with Crippen molar-refractivity contribution in [3.8, 4) is 0 Å². The largest absolute Gasteiger partial charge is 0.324 e. The number of nitrogens with one attached hydrogen (secondary N) is 1. The van der Waals surface area contributed by atoms with E-state index in [1.165, 1.54) is 6.07 Å². The van der Waals surface area contributed by atoms with E-state index in [1.54, 1.807) is 30.0 Å². The van der Waals surface area contributed by atoms with Gasteiger partial charge >= 0.3 is 6.03 Å². The van der Waals surface area contributed by atoms with Gasteiger partial charge in [0.15, 0.2) is 0 Å². The van der Waals surface area contributed by atoms with Crippen LogP contribution in [0.15, 0.2) is 23.8 Å². The molecule has 3 rings (SSSR count). The number of aryl methyl sites for hydroxylation is 1. The number of hydrogen-bond acceptors (Lipinski definition) is 5. The summed E-state index contributed by atoms with van der Waals surface area (Å²) in [5, 5.41) is 3.23. The first kappa shape index (κ1) is 17.2. The molecule has 2 heterocycles. The first-order valence-electron chi connectivity index (χ1n) is 7.85. The van der Waals surface area contributed by atoms with Gasteiger partial charge < -0.3 is 4.90 Å². The highest BCUT2D eigenvalue weighted by Gasteiger charge is 2.20. The number of aromatic nitrogens is 2. The standard InChI is InChI=1S/C17H17FN4O2S/c1-11-19-16(25-21-11)20-17(24)22-6-4-12(5-7-22)8-14-3-2-13(10-23)9-15(14)18/h2-3,8-10H,4-7H2,1H3,(H,19,20,21,24). The number of nitrogens with zero attached hydrogens (tertiary/aromatic N) is 3. The summed E-state index contributed by atoms with van der Waals surface area (Å²) < 4.78 is 18.0. The lowest BCUT2D eigenvalue weighted by Crippen LogP contribution is -2.39. The molecule has 1 aliphatic heterocycles. The number of urea groups is 1. The van der Waals surface area contributed by atoms with Crippen molar-refractivity contribution in [1.29, 1.82) is 0 Å². The fourth-order valence-corrected chi connectivity index (χ4v) is 3.18. The molecule has 8 heteroatoms. The highest BCUT2D eigenvalue weighted by Crippen LogP contribution is 2.22. The normalized spacial score (nSPS) is 14.3. The Bertz CT molecular complexity index is 824. The van der Waals surface area contributed by atoms with Gasteiger partial charge in [-0.05, 0) is 25.8 Å². The number of amides is 2. The van der Waals surface area contributed by atoms with Crippen LogP contribution in [-0.4, -0.2) is 39.7 Å². The highest BCUT2D eigenvalue weighted by atomic mass is 32.1. The molecule has 0 bridgehead atoms. The van der Waals surface area contributed by atoms with E-state index in [2.05, 4.69) is 14.7 Å². The molecule has 1 saturated heterocycles. The summed E-state index contributed by atoms with van der Waals surface area (Å²) in [4.78, 5) is 28.7. The molecule has 0 atom stereocenters. The minimum absolute atomic E-state index is 0.197. The van der Waals surface area contributed by atoms with Crippen molar-refractivity contribution in [3.63, 3.8) is 0 Å². The van der Waals surface area contributed by atoms with E-state index in [-0.39, 0.29) is 6.03 Å². The molecular formula is C17H17FN4O2S. The first-order valence-corrected chi connectivity index (χ1v) is 8.63. The van der Waals surface area contributed by atoms with Crippen LogP contribution in [0.3, 0.4) is 0 Å². The Morgan fingerprint density at radius 2 is 2.12 bits per heavy atom. The molecule has 1 N–H and O–H groups in total. The minimum Gasteiger partial charge on any atom is -0.324 e. The van der Waals surface area contributed by atoms with E-state index in [0.717, 1.165) is 17.1 Å². The number of benzene rings is 1. The van der Waals surface area contributed by atoms with Crippen LogP contribution in [0.2, 0.25) is 0 Å². The summed E-state index contributed by atoms with van der Waals surface area (Å²) in [5.41, 5.74) is 1.86. The lowest BCUT2D eigenvalue weighted by molar-refractivity contribution is 0.112. The van der Waals surface area contributed by atoms with Crippen LogP contribution in [0.5, 0.6) is 0 Å². The third-order valence-corrected chi connectivity index (χ3v) is 4.68. The van der Waals surface area contributed by atoms with Gasteiger partial charge in [-0.3, -0.25) is 10.1 Å². The van der Waals surface area contributed by atoms with Gasteiger partial charge in [0, 0.05) is 35.7 Å². The number of rotatable bonds is 3. The number of anilines is 1. The zero-order chi connectivity index (χ0) is 17.8. The Balaban J connectivity index is 1.59. The Morgan fingerprint density at radius 1 is 1.36 bits per heavy atom. The molecule has 6 nitrogen and oxygen atoms in total. The number of carbonyl (C=O) groups is 2. The molecule has 2 aromatic rings. The second kappa shape index (κ2) is 7.52.